The van der Waals surface area contributed by atoms with E-state index in [0.29, 0.717) is 35.0 Å². The Kier molecular flexibility index (Phi) is 5.14. The third-order valence-corrected chi connectivity index (χ3v) is 5.44. The zero-order valence-corrected chi connectivity index (χ0v) is 16.8. The predicted octanol–water partition coefficient (Wildman–Crippen LogP) is 4.53. The van der Waals surface area contributed by atoms with Crippen LogP contribution in [0.4, 0.5) is 0 Å². The monoisotopic (exact) mass is 449 g/mol. The van der Waals surface area contributed by atoms with Crippen LogP contribution in [0.5, 0.6) is 0 Å². The van der Waals surface area contributed by atoms with Gasteiger partial charge in [-0.25, -0.2) is 4.98 Å². The van der Waals surface area contributed by atoms with E-state index >= 15 is 0 Å². The van der Waals surface area contributed by atoms with Crippen LogP contribution in [0.3, 0.4) is 0 Å². The van der Waals surface area contributed by atoms with Gasteiger partial charge in [0.2, 0.25) is 17.6 Å². The van der Waals surface area contributed by atoms with Gasteiger partial charge in [-0.3, -0.25) is 0 Å². The van der Waals surface area contributed by atoms with Crippen molar-refractivity contribution >= 4 is 39.0 Å². The van der Waals surface area contributed by atoms with Crippen molar-refractivity contribution in [1.29, 1.82) is 0 Å². The Hall–Kier alpha value is -2.04. The van der Waals surface area contributed by atoms with Gasteiger partial charge in [0.25, 0.3) is 5.22 Å². The zero-order chi connectivity index (χ0) is 17.9. The maximum atomic E-state index is 5.64. The van der Waals surface area contributed by atoms with Gasteiger partial charge >= 0.3 is 0 Å². The van der Waals surface area contributed by atoms with Crippen molar-refractivity contribution in [3.8, 4) is 11.4 Å². The molecule has 10 heteroatoms. The van der Waals surface area contributed by atoms with E-state index in [4.69, 9.17) is 8.94 Å². The van der Waals surface area contributed by atoms with Crippen LogP contribution in [-0.4, -0.2) is 25.3 Å². The van der Waals surface area contributed by atoms with E-state index in [1.165, 1.54) is 11.8 Å². The fourth-order valence-electron chi connectivity index (χ4n) is 2.19. The summed E-state index contributed by atoms with van der Waals surface area (Å²) in [4.78, 5) is 8.79. The average Bonchev–Trinajstić information content (AvgIpc) is 3.35. The maximum absolute atomic E-state index is 5.64. The first-order valence-electron chi connectivity index (χ1n) is 7.60. The highest BCUT2D eigenvalue weighted by molar-refractivity contribution is 9.10. The molecule has 0 aliphatic carbocycles. The van der Waals surface area contributed by atoms with Crippen LogP contribution in [0, 0.1) is 6.92 Å². The number of benzene rings is 1. The standard InChI is InChI=1S/C16H12BrN5O2S2/c1-9-18-12(7-25-9)6-13-20-21-16(23-13)26-8-14-19-15(22-24-14)10-3-2-4-11(17)5-10/h2-5,7H,6,8H2,1H3. The van der Waals surface area contributed by atoms with Crippen LogP contribution in [0.1, 0.15) is 22.5 Å². The van der Waals surface area contributed by atoms with Crippen molar-refractivity contribution in [3.05, 3.63) is 56.6 Å². The Morgan fingerprint density at radius 2 is 2.12 bits per heavy atom. The lowest BCUT2D eigenvalue weighted by Gasteiger charge is -1.94. The SMILES string of the molecule is Cc1nc(Cc2nnc(SCc3nc(-c4cccc(Br)c4)no3)o2)cs1. The summed E-state index contributed by atoms with van der Waals surface area (Å²) < 4.78 is 11.9. The summed E-state index contributed by atoms with van der Waals surface area (Å²) in [7, 11) is 0. The molecular weight excluding hydrogens is 438 g/mol. The fourth-order valence-corrected chi connectivity index (χ4v) is 3.82. The molecule has 1 aromatic carbocycles. The van der Waals surface area contributed by atoms with Crippen LogP contribution in [0.15, 0.2) is 48.3 Å². The number of aryl methyl sites for hydroxylation is 1. The molecule has 0 amide bonds. The molecule has 0 aliphatic rings. The van der Waals surface area contributed by atoms with Gasteiger partial charge in [0, 0.05) is 15.4 Å². The van der Waals surface area contributed by atoms with Crippen LogP contribution < -0.4 is 0 Å². The van der Waals surface area contributed by atoms with Gasteiger partial charge in [0.15, 0.2) is 0 Å². The molecule has 132 valence electrons. The molecule has 3 heterocycles. The lowest BCUT2D eigenvalue weighted by Crippen LogP contribution is -1.88. The van der Waals surface area contributed by atoms with E-state index in [1.807, 2.05) is 36.6 Å². The average molecular weight is 450 g/mol. The number of thioether (sulfide) groups is 1. The zero-order valence-electron chi connectivity index (χ0n) is 13.5. The summed E-state index contributed by atoms with van der Waals surface area (Å²) in [6.45, 7) is 1.97. The first kappa shape index (κ1) is 17.4. The second-order valence-corrected chi connectivity index (χ2v) is 8.21. The molecule has 0 saturated carbocycles. The van der Waals surface area contributed by atoms with Crippen molar-refractivity contribution in [2.24, 2.45) is 0 Å². The van der Waals surface area contributed by atoms with Crippen molar-refractivity contribution in [2.75, 3.05) is 0 Å². The van der Waals surface area contributed by atoms with E-state index in [9.17, 15) is 0 Å². The number of rotatable bonds is 6. The van der Waals surface area contributed by atoms with Gasteiger partial charge in [-0.05, 0) is 19.1 Å². The van der Waals surface area contributed by atoms with E-state index in [2.05, 4.69) is 41.3 Å². The van der Waals surface area contributed by atoms with Crippen molar-refractivity contribution in [2.45, 2.75) is 24.3 Å². The molecular formula is C16H12BrN5O2S2. The van der Waals surface area contributed by atoms with Gasteiger partial charge in [-0.2, -0.15) is 4.98 Å². The van der Waals surface area contributed by atoms with Gasteiger partial charge in [-0.1, -0.05) is 45.0 Å². The van der Waals surface area contributed by atoms with E-state index in [0.717, 1.165) is 20.7 Å². The highest BCUT2D eigenvalue weighted by Gasteiger charge is 2.13. The molecule has 0 aliphatic heterocycles. The summed E-state index contributed by atoms with van der Waals surface area (Å²) in [6, 6.07) is 7.73. The number of hydrogen-bond donors (Lipinski definition) is 0. The van der Waals surface area contributed by atoms with Crippen LogP contribution in [0.2, 0.25) is 0 Å². The molecule has 0 atom stereocenters. The van der Waals surface area contributed by atoms with Crippen LogP contribution in [-0.2, 0) is 12.2 Å². The molecule has 0 radical (unpaired) electrons. The topological polar surface area (TPSA) is 90.7 Å². The second-order valence-electron chi connectivity index (χ2n) is 5.31. The first-order valence-corrected chi connectivity index (χ1v) is 10.3. The molecule has 0 saturated heterocycles. The number of thiazole rings is 1. The third-order valence-electron chi connectivity index (χ3n) is 3.32. The Balaban J connectivity index is 1.37. The van der Waals surface area contributed by atoms with Gasteiger partial charge in [0.05, 0.1) is 22.9 Å². The normalized spacial score (nSPS) is 11.2. The van der Waals surface area contributed by atoms with Gasteiger partial charge in [0.1, 0.15) is 0 Å². The quantitative estimate of drug-likeness (QED) is 0.396. The lowest BCUT2D eigenvalue weighted by molar-refractivity contribution is 0.389. The van der Waals surface area contributed by atoms with Gasteiger partial charge in [-0.15, -0.1) is 21.5 Å². The Labute approximate surface area is 165 Å². The van der Waals surface area contributed by atoms with Crippen molar-refractivity contribution in [3.63, 3.8) is 0 Å². The van der Waals surface area contributed by atoms with Crippen molar-refractivity contribution in [1.82, 2.24) is 25.3 Å². The molecule has 0 unspecified atom stereocenters. The minimum absolute atomic E-state index is 0.457. The predicted molar refractivity (Wildman–Crippen MR) is 101 cm³/mol. The maximum Gasteiger partial charge on any atom is 0.277 e. The second kappa shape index (κ2) is 7.68. The van der Waals surface area contributed by atoms with Crippen LogP contribution >= 0.6 is 39.0 Å². The molecule has 3 aromatic heterocycles. The molecule has 0 bridgehead atoms. The molecule has 4 rings (SSSR count). The molecule has 0 fully saturated rings. The smallest absolute Gasteiger partial charge is 0.277 e. The fraction of sp³-hybridized carbons (Fsp3) is 0.188. The molecule has 0 N–H and O–H groups in total. The number of halogens is 1. The highest BCUT2D eigenvalue weighted by atomic mass is 79.9. The van der Waals surface area contributed by atoms with Crippen molar-refractivity contribution < 1.29 is 8.94 Å². The van der Waals surface area contributed by atoms with E-state index in [1.54, 1.807) is 11.3 Å². The molecule has 7 nitrogen and oxygen atoms in total. The summed E-state index contributed by atoms with van der Waals surface area (Å²) in [5.74, 6) is 2.04. The number of nitrogens with zero attached hydrogens (tertiary/aromatic N) is 5. The Bertz CT molecular complexity index is 1030. The largest absolute Gasteiger partial charge is 0.416 e. The minimum atomic E-state index is 0.457. The number of hydrogen-bond acceptors (Lipinski definition) is 9. The number of aromatic nitrogens is 5. The minimum Gasteiger partial charge on any atom is -0.416 e. The summed E-state index contributed by atoms with van der Waals surface area (Å²) in [5.41, 5.74) is 1.82. The van der Waals surface area contributed by atoms with E-state index < -0.39 is 0 Å². The highest BCUT2D eigenvalue weighted by Crippen LogP contribution is 2.24. The summed E-state index contributed by atoms with van der Waals surface area (Å²) in [5, 5.41) is 15.6. The van der Waals surface area contributed by atoms with Gasteiger partial charge < -0.3 is 8.94 Å². The summed E-state index contributed by atoms with van der Waals surface area (Å²) in [6.07, 6.45) is 0.533. The summed E-state index contributed by atoms with van der Waals surface area (Å²) >= 11 is 6.39. The lowest BCUT2D eigenvalue weighted by atomic mass is 10.2. The third kappa shape index (κ3) is 4.19. The first-order chi connectivity index (χ1) is 12.7. The molecule has 26 heavy (non-hydrogen) atoms. The molecule has 4 aromatic rings. The van der Waals surface area contributed by atoms with E-state index in [-0.39, 0.29) is 0 Å². The Morgan fingerprint density at radius 3 is 2.92 bits per heavy atom. The molecule has 0 spiro atoms. The Morgan fingerprint density at radius 1 is 1.19 bits per heavy atom. The van der Waals surface area contributed by atoms with Crippen LogP contribution in [0.25, 0.3) is 11.4 Å².